The van der Waals surface area contributed by atoms with E-state index < -0.39 is 0 Å². The molecule has 21 heavy (non-hydrogen) atoms. The van der Waals surface area contributed by atoms with Crippen LogP contribution in [0, 0.1) is 0 Å². The standard InChI is InChI=1S/C17H24BrNO2/c1-21-16-9-6-14(7-10-16)8-11-17(20)19(13-12-18)15-4-2-3-5-15/h6-7,9-10,15H,2-5,8,11-13H2,1H3. The van der Waals surface area contributed by atoms with Gasteiger partial charge in [0.05, 0.1) is 7.11 Å². The number of amides is 1. The van der Waals surface area contributed by atoms with Crippen molar-refractivity contribution in [1.82, 2.24) is 4.90 Å². The zero-order valence-electron chi connectivity index (χ0n) is 12.7. The Morgan fingerprint density at radius 2 is 1.95 bits per heavy atom. The first-order chi connectivity index (χ1) is 10.2. The predicted molar refractivity (Wildman–Crippen MR) is 89.1 cm³/mol. The number of carbonyl (C=O) groups is 1. The maximum Gasteiger partial charge on any atom is 0.223 e. The average molecular weight is 354 g/mol. The first-order valence-corrected chi connectivity index (χ1v) is 8.85. The second-order valence-corrected chi connectivity index (χ2v) is 6.36. The lowest BCUT2D eigenvalue weighted by Gasteiger charge is -2.28. The third-order valence-electron chi connectivity index (χ3n) is 4.20. The van der Waals surface area contributed by atoms with E-state index in [1.165, 1.54) is 31.2 Å². The van der Waals surface area contributed by atoms with E-state index >= 15 is 0 Å². The molecule has 1 aliphatic rings. The van der Waals surface area contributed by atoms with Crippen molar-refractivity contribution in [2.24, 2.45) is 0 Å². The number of rotatable bonds is 7. The SMILES string of the molecule is COc1ccc(CCC(=O)N(CCBr)C2CCCC2)cc1. The summed E-state index contributed by atoms with van der Waals surface area (Å²) in [5.41, 5.74) is 1.19. The number of alkyl halides is 1. The molecule has 0 saturated heterocycles. The summed E-state index contributed by atoms with van der Waals surface area (Å²) in [5.74, 6) is 1.15. The van der Waals surface area contributed by atoms with Crippen molar-refractivity contribution in [2.45, 2.75) is 44.6 Å². The number of aryl methyl sites for hydroxylation is 1. The van der Waals surface area contributed by atoms with E-state index in [0.29, 0.717) is 12.5 Å². The van der Waals surface area contributed by atoms with Crippen molar-refractivity contribution >= 4 is 21.8 Å². The Morgan fingerprint density at radius 1 is 1.29 bits per heavy atom. The molecular weight excluding hydrogens is 330 g/mol. The molecule has 0 spiro atoms. The van der Waals surface area contributed by atoms with Gasteiger partial charge in [-0.05, 0) is 37.0 Å². The molecule has 1 aromatic rings. The summed E-state index contributed by atoms with van der Waals surface area (Å²) in [4.78, 5) is 14.6. The van der Waals surface area contributed by atoms with Crippen LogP contribution >= 0.6 is 15.9 Å². The number of nitrogens with zero attached hydrogens (tertiary/aromatic N) is 1. The number of benzene rings is 1. The summed E-state index contributed by atoms with van der Waals surface area (Å²) in [7, 11) is 1.66. The summed E-state index contributed by atoms with van der Waals surface area (Å²) < 4.78 is 5.15. The number of carbonyl (C=O) groups excluding carboxylic acids is 1. The van der Waals surface area contributed by atoms with Crippen LogP contribution in [0.2, 0.25) is 0 Å². The predicted octanol–water partition coefficient (Wildman–Crippen LogP) is 3.79. The van der Waals surface area contributed by atoms with Gasteiger partial charge >= 0.3 is 0 Å². The maximum atomic E-state index is 12.5. The summed E-state index contributed by atoms with van der Waals surface area (Å²) in [6, 6.07) is 8.44. The average Bonchev–Trinajstić information content (AvgIpc) is 3.04. The molecule has 3 nitrogen and oxygen atoms in total. The van der Waals surface area contributed by atoms with E-state index in [1.807, 2.05) is 24.3 Å². The zero-order chi connectivity index (χ0) is 15.1. The first kappa shape index (κ1) is 16.3. The Balaban J connectivity index is 1.88. The monoisotopic (exact) mass is 353 g/mol. The molecule has 0 aliphatic heterocycles. The third kappa shape index (κ3) is 4.73. The van der Waals surface area contributed by atoms with E-state index in [9.17, 15) is 4.79 Å². The lowest BCUT2D eigenvalue weighted by atomic mass is 10.1. The molecular formula is C17H24BrNO2. The quantitative estimate of drug-likeness (QED) is 0.697. The summed E-state index contributed by atoms with van der Waals surface area (Å²) >= 11 is 3.47. The number of hydrogen-bond donors (Lipinski definition) is 0. The fourth-order valence-corrected chi connectivity index (χ4v) is 3.39. The molecule has 0 atom stereocenters. The second-order valence-electron chi connectivity index (χ2n) is 5.56. The van der Waals surface area contributed by atoms with Crippen molar-refractivity contribution < 1.29 is 9.53 Å². The van der Waals surface area contributed by atoms with Gasteiger partial charge in [0, 0.05) is 24.3 Å². The molecule has 116 valence electrons. The minimum Gasteiger partial charge on any atom is -0.497 e. The van der Waals surface area contributed by atoms with Gasteiger partial charge in [-0.15, -0.1) is 0 Å². The molecule has 0 radical (unpaired) electrons. The third-order valence-corrected chi connectivity index (χ3v) is 4.55. The molecule has 1 aromatic carbocycles. The van der Waals surface area contributed by atoms with E-state index in [0.717, 1.165) is 24.0 Å². The van der Waals surface area contributed by atoms with E-state index in [2.05, 4.69) is 20.8 Å². The van der Waals surface area contributed by atoms with Gasteiger partial charge in [0.2, 0.25) is 5.91 Å². The molecule has 1 saturated carbocycles. The van der Waals surface area contributed by atoms with Gasteiger partial charge in [-0.1, -0.05) is 40.9 Å². The van der Waals surface area contributed by atoms with Gasteiger partial charge in [-0.2, -0.15) is 0 Å². The Labute approximate surface area is 135 Å². The zero-order valence-corrected chi connectivity index (χ0v) is 14.3. The molecule has 1 aliphatic carbocycles. The molecule has 1 amide bonds. The molecule has 4 heteroatoms. The summed E-state index contributed by atoms with van der Waals surface area (Å²) in [6.07, 6.45) is 6.25. The van der Waals surface area contributed by atoms with Crippen molar-refractivity contribution in [1.29, 1.82) is 0 Å². The van der Waals surface area contributed by atoms with E-state index in [1.54, 1.807) is 7.11 Å². The summed E-state index contributed by atoms with van der Waals surface area (Å²) in [6.45, 7) is 0.826. The van der Waals surface area contributed by atoms with E-state index in [4.69, 9.17) is 4.74 Å². The second kappa shape index (κ2) is 8.42. The fraction of sp³-hybridized carbons (Fsp3) is 0.588. The van der Waals surface area contributed by atoms with Crippen LogP contribution in [0.25, 0.3) is 0 Å². The fourth-order valence-electron chi connectivity index (χ4n) is 3.00. The highest BCUT2D eigenvalue weighted by Gasteiger charge is 2.25. The lowest BCUT2D eigenvalue weighted by Crippen LogP contribution is -2.40. The van der Waals surface area contributed by atoms with Crippen LogP contribution < -0.4 is 4.74 Å². The number of methoxy groups -OCH3 is 1. The Hall–Kier alpha value is -1.03. The van der Waals surface area contributed by atoms with E-state index in [-0.39, 0.29) is 5.91 Å². The molecule has 0 unspecified atom stereocenters. The molecule has 2 rings (SSSR count). The van der Waals surface area contributed by atoms with Crippen LogP contribution in [0.1, 0.15) is 37.7 Å². The van der Waals surface area contributed by atoms with Crippen molar-refractivity contribution in [3.05, 3.63) is 29.8 Å². The van der Waals surface area contributed by atoms with Crippen molar-refractivity contribution in [3.63, 3.8) is 0 Å². The highest BCUT2D eigenvalue weighted by Crippen LogP contribution is 2.24. The van der Waals surface area contributed by atoms with Gasteiger partial charge in [-0.3, -0.25) is 4.79 Å². The minimum absolute atomic E-state index is 0.289. The van der Waals surface area contributed by atoms with Gasteiger partial charge in [0.1, 0.15) is 5.75 Å². The summed E-state index contributed by atoms with van der Waals surface area (Å²) in [5, 5.41) is 0.859. The number of hydrogen-bond acceptors (Lipinski definition) is 2. The number of halogens is 1. The molecule has 0 N–H and O–H groups in total. The van der Waals surface area contributed by atoms with Crippen LogP contribution in [-0.4, -0.2) is 35.8 Å². The Kier molecular flexibility index (Phi) is 6.55. The highest BCUT2D eigenvalue weighted by atomic mass is 79.9. The first-order valence-electron chi connectivity index (χ1n) is 7.73. The van der Waals surface area contributed by atoms with Gasteiger partial charge in [0.15, 0.2) is 0 Å². The van der Waals surface area contributed by atoms with Gasteiger partial charge < -0.3 is 9.64 Å². The van der Waals surface area contributed by atoms with Gasteiger partial charge in [0.25, 0.3) is 0 Å². The van der Waals surface area contributed by atoms with Crippen molar-refractivity contribution in [3.8, 4) is 5.75 Å². The topological polar surface area (TPSA) is 29.5 Å². The molecule has 0 heterocycles. The van der Waals surface area contributed by atoms with Crippen molar-refractivity contribution in [2.75, 3.05) is 19.0 Å². The molecule has 0 aromatic heterocycles. The molecule has 1 fully saturated rings. The Morgan fingerprint density at radius 3 is 2.52 bits per heavy atom. The smallest absolute Gasteiger partial charge is 0.223 e. The van der Waals surface area contributed by atoms with Crippen LogP contribution in [0.15, 0.2) is 24.3 Å². The van der Waals surface area contributed by atoms with Gasteiger partial charge in [-0.25, -0.2) is 0 Å². The van der Waals surface area contributed by atoms with Crippen LogP contribution in [-0.2, 0) is 11.2 Å². The van der Waals surface area contributed by atoms with Crippen LogP contribution in [0.5, 0.6) is 5.75 Å². The molecule has 0 bridgehead atoms. The lowest BCUT2D eigenvalue weighted by molar-refractivity contribution is -0.133. The van der Waals surface area contributed by atoms with Crippen LogP contribution in [0.4, 0.5) is 0 Å². The highest BCUT2D eigenvalue weighted by molar-refractivity contribution is 9.09. The normalized spacial score (nSPS) is 15.1. The minimum atomic E-state index is 0.289. The number of ether oxygens (including phenoxy) is 1. The largest absolute Gasteiger partial charge is 0.497 e. The maximum absolute atomic E-state index is 12.5. The Bertz CT molecular complexity index is 441. The van der Waals surface area contributed by atoms with Crippen LogP contribution in [0.3, 0.4) is 0 Å².